The van der Waals surface area contributed by atoms with Crippen LogP contribution in [0, 0.1) is 0 Å². The number of aromatic nitrogens is 2. The number of hydrogen-bond acceptors (Lipinski definition) is 5. The highest BCUT2D eigenvalue weighted by Gasteiger charge is 2.20. The molecule has 0 unspecified atom stereocenters. The topological polar surface area (TPSA) is 67.3 Å². The number of amides is 1. The van der Waals surface area contributed by atoms with Gasteiger partial charge in [0.2, 0.25) is 5.95 Å². The Morgan fingerprint density at radius 1 is 1.36 bits per heavy atom. The van der Waals surface area contributed by atoms with Crippen molar-refractivity contribution in [2.24, 2.45) is 0 Å². The molecule has 6 heteroatoms. The van der Waals surface area contributed by atoms with E-state index in [0.717, 1.165) is 12.8 Å². The van der Waals surface area contributed by atoms with Crippen molar-refractivity contribution in [1.82, 2.24) is 15.3 Å². The van der Waals surface area contributed by atoms with E-state index < -0.39 is 0 Å². The highest BCUT2D eigenvalue weighted by atomic mass is 16.5. The van der Waals surface area contributed by atoms with Crippen molar-refractivity contribution in [1.29, 1.82) is 0 Å². The van der Waals surface area contributed by atoms with Crippen LogP contribution in [0.5, 0.6) is 0 Å². The smallest absolute Gasteiger partial charge is 0.255 e. The van der Waals surface area contributed by atoms with Gasteiger partial charge < -0.3 is 15.0 Å². The highest BCUT2D eigenvalue weighted by Crippen LogP contribution is 2.18. The summed E-state index contributed by atoms with van der Waals surface area (Å²) in [5.74, 6) is 0.496. The van der Waals surface area contributed by atoms with Crippen molar-refractivity contribution in [3.05, 3.63) is 17.5 Å². The Balaban J connectivity index is 2.14. The van der Waals surface area contributed by atoms with Crippen LogP contribution in [0.15, 0.2) is 6.20 Å². The number of anilines is 1. The highest BCUT2D eigenvalue weighted by molar-refractivity contribution is 5.95. The molecular formula is C16H26N4O2. The summed E-state index contributed by atoms with van der Waals surface area (Å²) in [7, 11) is 3.75. The van der Waals surface area contributed by atoms with E-state index in [9.17, 15) is 4.79 Å². The molecule has 2 rings (SSSR count). The van der Waals surface area contributed by atoms with Crippen LogP contribution in [0.2, 0.25) is 0 Å². The Bertz CT molecular complexity index is 499. The lowest BCUT2D eigenvalue weighted by Crippen LogP contribution is -2.37. The summed E-state index contributed by atoms with van der Waals surface area (Å²) >= 11 is 0. The lowest BCUT2D eigenvalue weighted by molar-refractivity contribution is 0.0915. The van der Waals surface area contributed by atoms with Gasteiger partial charge in [0.05, 0.1) is 17.9 Å². The van der Waals surface area contributed by atoms with Gasteiger partial charge in [-0.1, -0.05) is 19.3 Å². The van der Waals surface area contributed by atoms with Crippen molar-refractivity contribution in [3.8, 4) is 0 Å². The molecule has 0 aromatic carbocycles. The molecule has 1 aliphatic rings. The molecule has 0 saturated heterocycles. The van der Waals surface area contributed by atoms with Crippen molar-refractivity contribution in [3.63, 3.8) is 0 Å². The van der Waals surface area contributed by atoms with Gasteiger partial charge in [-0.25, -0.2) is 9.97 Å². The van der Waals surface area contributed by atoms with Gasteiger partial charge in [0.15, 0.2) is 0 Å². The first kappa shape index (κ1) is 16.7. The summed E-state index contributed by atoms with van der Waals surface area (Å²) in [6.45, 7) is 2.84. The monoisotopic (exact) mass is 306 g/mol. The molecule has 0 aliphatic heterocycles. The van der Waals surface area contributed by atoms with Gasteiger partial charge in [0.25, 0.3) is 5.91 Å². The van der Waals surface area contributed by atoms with E-state index in [4.69, 9.17) is 4.74 Å². The molecule has 1 fully saturated rings. The molecule has 22 heavy (non-hydrogen) atoms. The van der Waals surface area contributed by atoms with Crippen LogP contribution in [0.4, 0.5) is 5.95 Å². The lowest BCUT2D eigenvalue weighted by atomic mass is 9.95. The van der Waals surface area contributed by atoms with Gasteiger partial charge >= 0.3 is 0 Å². The maximum atomic E-state index is 12.5. The number of carbonyl (C=O) groups is 1. The molecule has 1 aromatic heterocycles. The molecule has 1 aliphatic carbocycles. The third-order valence-corrected chi connectivity index (χ3v) is 3.88. The second kappa shape index (κ2) is 8.08. The van der Waals surface area contributed by atoms with Crippen LogP contribution in [0.3, 0.4) is 0 Å². The minimum atomic E-state index is -0.0908. The first-order chi connectivity index (χ1) is 10.6. The molecule has 6 nitrogen and oxygen atoms in total. The quantitative estimate of drug-likeness (QED) is 0.872. The van der Waals surface area contributed by atoms with Gasteiger partial charge in [-0.2, -0.15) is 0 Å². The molecule has 1 heterocycles. The number of nitrogens with one attached hydrogen (secondary N) is 1. The average molecular weight is 306 g/mol. The third kappa shape index (κ3) is 4.40. The van der Waals surface area contributed by atoms with Crippen LogP contribution in [0.25, 0.3) is 0 Å². The molecule has 1 N–H and O–H groups in total. The summed E-state index contributed by atoms with van der Waals surface area (Å²) in [6, 6.07) is 0.273. The van der Waals surface area contributed by atoms with Crippen molar-refractivity contribution < 1.29 is 9.53 Å². The normalized spacial score (nSPS) is 15.6. The minimum Gasteiger partial charge on any atom is -0.375 e. The SMILES string of the molecule is CCOCc1nc(N(C)C)ncc1C(=O)NC1CCCCC1. The third-order valence-electron chi connectivity index (χ3n) is 3.88. The van der Waals surface area contributed by atoms with Crippen LogP contribution in [-0.2, 0) is 11.3 Å². The number of ether oxygens (including phenoxy) is 1. The van der Waals surface area contributed by atoms with Gasteiger partial charge in [-0.15, -0.1) is 0 Å². The zero-order valence-electron chi connectivity index (χ0n) is 13.8. The Labute approximate surface area is 132 Å². The second-order valence-corrected chi connectivity index (χ2v) is 5.87. The van der Waals surface area contributed by atoms with Gasteiger partial charge in [0.1, 0.15) is 0 Å². The van der Waals surface area contributed by atoms with E-state index in [2.05, 4.69) is 15.3 Å². The van der Waals surface area contributed by atoms with Gasteiger partial charge in [-0.05, 0) is 19.8 Å². The molecule has 122 valence electrons. The molecule has 1 aromatic rings. The van der Waals surface area contributed by atoms with E-state index in [1.165, 1.54) is 19.3 Å². The fourth-order valence-electron chi connectivity index (χ4n) is 2.63. The van der Waals surface area contributed by atoms with Crippen molar-refractivity contribution in [2.75, 3.05) is 25.6 Å². The minimum absolute atomic E-state index is 0.0908. The molecule has 0 atom stereocenters. The summed E-state index contributed by atoms with van der Waals surface area (Å²) in [5.41, 5.74) is 1.17. The summed E-state index contributed by atoms with van der Waals surface area (Å²) in [5, 5.41) is 3.11. The molecule has 0 radical (unpaired) electrons. The van der Waals surface area contributed by atoms with Crippen molar-refractivity contribution >= 4 is 11.9 Å². The first-order valence-corrected chi connectivity index (χ1v) is 8.03. The van der Waals surface area contributed by atoms with E-state index in [1.54, 1.807) is 6.20 Å². The van der Waals surface area contributed by atoms with Gasteiger partial charge in [-0.3, -0.25) is 4.79 Å². The molecule has 0 bridgehead atoms. The van der Waals surface area contributed by atoms with Crippen LogP contribution in [0.1, 0.15) is 55.1 Å². The molecular weight excluding hydrogens is 280 g/mol. The fourth-order valence-corrected chi connectivity index (χ4v) is 2.63. The average Bonchev–Trinajstić information content (AvgIpc) is 2.53. The van der Waals surface area contributed by atoms with Crippen LogP contribution in [-0.4, -0.2) is 42.6 Å². The molecule has 0 spiro atoms. The van der Waals surface area contributed by atoms with E-state index in [-0.39, 0.29) is 11.9 Å². The predicted molar refractivity (Wildman–Crippen MR) is 86.0 cm³/mol. The number of hydrogen-bond donors (Lipinski definition) is 1. The maximum Gasteiger partial charge on any atom is 0.255 e. The lowest BCUT2D eigenvalue weighted by Gasteiger charge is -2.23. The number of carbonyl (C=O) groups excluding carboxylic acids is 1. The summed E-state index contributed by atoms with van der Waals surface area (Å²) in [6.07, 6.45) is 7.36. The fraction of sp³-hybridized carbons (Fsp3) is 0.688. The van der Waals surface area contributed by atoms with E-state index >= 15 is 0 Å². The number of rotatable bonds is 6. The van der Waals surface area contributed by atoms with Crippen molar-refractivity contribution in [2.45, 2.75) is 51.7 Å². The molecule has 1 saturated carbocycles. The molecule has 1 amide bonds. The second-order valence-electron chi connectivity index (χ2n) is 5.87. The predicted octanol–water partition coefficient (Wildman–Crippen LogP) is 2.14. The maximum absolute atomic E-state index is 12.5. The largest absolute Gasteiger partial charge is 0.375 e. The summed E-state index contributed by atoms with van der Waals surface area (Å²) < 4.78 is 5.45. The standard InChI is InChI=1S/C16H26N4O2/c1-4-22-11-14-13(10-17-16(19-14)20(2)3)15(21)18-12-8-6-5-7-9-12/h10,12H,4-9,11H2,1-3H3,(H,18,21). The Kier molecular flexibility index (Phi) is 6.12. The Morgan fingerprint density at radius 2 is 2.09 bits per heavy atom. The van der Waals surface area contributed by atoms with Crippen LogP contribution < -0.4 is 10.2 Å². The van der Waals surface area contributed by atoms with Crippen LogP contribution >= 0.6 is 0 Å². The summed E-state index contributed by atoms with van der Waals surface area (Å²) in [4.78, 5) is 23.0. The number of nitrogens with zero attached hydrogens (tertiary/aromatic N) is 3. The van der Waals surface area contributed by atoms with E-state index in [0.29, 0.717) is 30.4 Å². The zero-order valence-corrected chi connectivity index (χ0v) is 13.8. The Morgan fingerprint density at radius 3 is 2.73 bits per heavy atom. The Hall–Kier alpha value is -1.69. The first-order valence-electron chi connectivity index (χ1n) is 8.03. The van der Waals surface area contributed by atoms with E-state index in [1.807, 2.05) is 25.9 Å². The zero-order chi connectivity index (χ0) is 15.9. The van der Waals surface area contributed by atoms with Gasteiger partial charge in [0, 0.05) is 32.9 Å².